The van der Waals surface area contributed by atoms with Crippen LogP contribution >= 0.6 is 0 Å². The molecule has 0 fully saturated rings. The largest absolute Gasteiger partial charge is 0.497 e. The summed E-state index contributed by atoms with van der Waals surface area (Å²) in [7, 11) is 1.58. The summed E-state index contributed by atoms with van der Waals surface area (Å²) in [4.78, 5) is 15.1. The minimum Gasteiger partial charge on any atom is -0.497 e. The molecule has 0 saturated heterocycles. The van der Waals surface area contributed by atoms with E-state index < -0.39 is 11.9 Å². The Kier molecular flexibility index (Phi) is 3.79. The van der Waals surface area contributed by atoms with Crippen molar-refractivity contribution in [1.82, 2.24) is 10.1 Å². The van der Waals surface area contributed by atoms with Gasteiger partial charge >= 0.3 is 5.97 Å². The molecular formula is C13H14N2O4. The molecule has 100 valence electrons. The molecule has 0 aliphatic carbocycles. The SMILES string of the molecule is CCC(C(=O)O)c1nc(-c2ccc(OC)cc2)no1. The van der Waals surface area contributed by atoms with Crippen molar-refractivity contribution in [3.8, 4) is 17.1 Å². The van der Waals surface area contributed by atoms with E-state index >= 15 is 0 Å². The number of hydrogen-bond donors (Lipinski definition) is 1. The van der Waals surface area contributed by atoms with Gasteiger partial charge in [-0.1, -0.05) is 12.1 Å². The van der Waals surface area contributed by atoms with Gasteiger partial charge in [0.25, 0.3) is 0 Å². The van der Waals surface area contributed by atoms with Crippen LogP contribution in [0.2, 0.25) is 0 Å². The van der Waals surface area contributed by atoms with Gasteiger partial charge in [-0.3, -0.25) is 4.79 Å². The average Bonchev–Trinajstić information content (AvgIpc) is 2.89. The van der Waals surface area contributed by atoms with Crippen LogP contribution in [0.1, 0.15) is 25.2 Å². The van der Waals surface area contributed by atoms with Gasteiger partial charge in [0.05, 0.1) is 7.11 Å². The highest BCUT2D eigenvalue weighted by molar-refractivity contribution is 5.74. The first kappa shape index (κ1) is 13.1. The summed E-state index contributed by atoms with van der Waals surface area (Å²) in [6, 6.07) is 7.13. The van der Waals surface area contributed by atoms with Crippen LogP contribution in [-0.2, 0) is 4.79 Å². The monoisotopic (exact) mass is 262 g/mol. The van der Waals surface area contributed by atoms with Gasteiger partial charge in [-0.25, -0.2) is 0 Å². The number of carboxylic acid groups (broad SMARTS) is 1. The summed E-state index contributed by atoms with van der Waals surface area (Å²) in [5.74, 6) is -0.505. The Hall–Kier alpha value is -2.37. The molecule has 19 heavy (non-hydrogen) atoms. The first-order chi connectivity index (χ1) is 9.15. The molecule has 1 aromatic carbocycles. The van der Waals surface area contributed by atoms with Crippen LogP contribution in [0, 0.1) is 0 Å². The van der Waals surface area contributed by atoms with E-state index in [0.29, 0.717) is 12.2 Å². The van der Waals surface area contributed by atoms with Crippen LogP contribution in [-0.4, -0.2) is 28.3 Å². The van der Waals surface area contributed by atoms with Crippen LogP contribution in [0.15, 0.2) is 28.8 Å². The Bertz CT molecular complexity index is 562. The lowest BCUT2D eigenvalue weighted by Gasteiger charge is -2.02. The van der Waals surface area contributed by atoms with Crippen molar-refractivity contribution >= 4 is 5.97 Å². The van der Waals surface area contributed by atoms with Crippen LogP contribution in [0.3, 0.4) is 0 Å². The summed E-state index contributed by atoms with van der Waals surface area (Å²) < 4.78 is 10.1. The third kappa shape index (κ3) is 2.73. The van der Waals surface area contributed by atoms with Crippen LogP contribution in [0.5, 0.6) is 5.75 Å². The second kappa shape index (κ2) is 5.51. The van der Waals surface area contributed by atoms with E-state index in [1.54, 1.807) is 38.3 Å². The molecule has 0 radical (unpaired) electrons. The van der Waals surface area contributed by atoms with E-state index in [4.69, 9.17) is 14.4 Å². The normalized spacial score (nSPS) is 12.1. The Morgan fingerprint density at radius 1 is 1.42 bits per heavy atom. The van der Waals surface area contributed by atoms with Crippen LogP contribution < -0.4 is 4.74 Å². The maximum Gasteiger partial charge on any atom is 0.316 e. The predicted octanol–water partition coefficient (Wildman–Crippen LogP) is 2.32. The number of rotatable bonds is 5. The molecule has 1 heterocycles. The fourth-order valence-electron chi connectivity index (χ4n) is 1.69. The maximum atomic E-state index is 11.0. The van der Waals surface area contributed by atoms with Gasteiger partial charge in [0.2, 0.25) is 11.7 Å². The van der Waals surface area contributed by atoms with Crippen molar-refractivity contribution in [1.29, 1.82) is 0 Å². The number of hydrogen-bond acceptors (Lipinski definition) is 5. The van der Waals surface area contributed by atoms with Gasteiger partial charge in [-0.05, 0) is 30.7 Å². The Balaban J connectivity index is 2.26. The molecule has 0 bridgehead atoms. The highest BCUT2D eigenvalue weighted by atomic mass is 16.5. The number of aromatic nitrogens is 2. The summed E-state index contributed by atoms with van der Waals surface area (Å²) in [5, 5.41) is 12.8. The van der Waals surface area contributed by atoms with E-state index in [2.05, 4.69) is 10.1 Å². The number of methoxy groups -OCH3 is 1. The van der Waals surface area contributed by atoms with Crippen molar-refractivity contribution in [2.45, 2.75) is 19.3 Å². The second-order valence-corrected chi connectivity index (χ2v) is 3.98. The zero-order chi connectivity index (χ0) is 13.8. The summed E-state index contributed by atoms with van der Waals surface area (Å²) >= 11 is 0. The quantitative estimate of drug-likeness (QED) is 0.890. The van der Waals surface area contributed by atoms with Gasteiger partial charge < -0.3 is 14.4 Å². The molecule has 2 aromatic rings. The van der Waals surface area contributed by atoms with Gasteiger partial charge in [0.1, 0.15) is 11.7 Å². The summed E-state index contributed by atoms with van der Waals surface area (Å²) in [5.41, 5.74) is 0.746. The molecule has 0 spiro atoms. The van der Waals surface area contributed by atoms with Crippen molar-refractivity contribution in [2.75, 3.05) is 7.11 Å². The average molecular weight is 262 g/mol. The number of aliphatic carboxylic acids is 1. The lowest BCUT2D eigenvalue weighted by atomic mass is 10.1. The number of carbonyl (C=O) groups is 1. The van der Waals surface area contributed by atoms with E-state index in [0.717, 1.165) is 11.3 Å². The minimum absolute atomic E-state index is 0.126. The molecule has 6 heteroatoms. The first-order valence-corrected chi connectivity index (χ1v) is 5.86. The third-order valence-corrected chi connectivity index (χ3v) is 2.79. The number of ether oxygens (including phenoxy) is 1. The highest BCUT2D eigenvalue weighted by Crippen LogP contribution is 2.23. The van der Waals surface area contributed by atoms with Gasteiger partial charge in [-0.2, -0.15) is 4.98 Å². The molecule has 6 nitrogen and oxygen atoms in total. The third-order valence-electron chi connectivity index (χ3n) is 2.79. The molecular weight excluding hydrogens is 248 g/mol. The predicted molar refractivity (Wildman–Crippen MR) is 67.0 cm³/mol. The lowest BCUT2D eigenvalue weighted by molar-refractivity contribution is -0.139. The van der Waals surface area contributed by atoms with E-state index in [1.165, 1.54) is 0 Å². The molecule has 1 unspecified atom stereocenters. The van der Waals surface area contributed by atoms with Crippen LogP contribution in [0.25, 0.3) is 11.4 Å². The molecule has 0 saturated carbocycles. The van der Waals surface area contributed by atoms with Crippen molar-refractivity contribution in [2.24, 2.45) is 0 Å². The molecule has 1 atom stereocenters. The Morgan fingerprint density at radius 3 is 2.63 bits per heavy atom. The van der Waals surface area contributed by atoms with Crippen molar-refractivity contribution in [3.63, 3.8) is 0 Å². The number of benzene rings is 1. The van der Waals surface area contributed by atoms with Crippen LogP contribution in [0.4, 0.5) is 0 Å². The van der Waals surface area contributed by atoms with E-state index in [-0.39, 0.29) is 5.89 Å². The van der Waals surface area contributed by atoms with Crippen molar-refractivity contribution < 1.29 is 19.2 Å². The number of nitrogens with zero attached hydrogens (tertiary/aromatic N) is 2. The van der Waals surface area contributed by atoms with Gasteiger partial charge in [0, 0.05) is 5.56 Å². The zero-order valence-electron chi connectivity index (χ0n) is 10.7. The fraction of sp³-hybridized carbons (Fsp3) is 0.308. The zero-order valence-corrected chi connectivity index (χ0v) is 10.7. The molecule has 0 aliphatic heterocycles. The van der Waals surface area contributed by atoms with E-state index in [1.807, 2.05) is 0 Å². The Morgan fingerprint density at radius 2 is 2.11 bits per heavy atom. The highest BCUT2D eigenvalue weighted by Gasteiger charge is 2.24. The summed E-state index contributed by atoms with van der Waals surface area (Å²) in [6.45, 7) is 1.76. The van der Waals surface area contributed by atoms with E-state index in [9.17, 15) is 4.79 Å². The summed E-state index contributed by atoms with van der Waals surface area (Å²) in [6.07, 6.45) is 0.402. The minimum atomic E-state index is -0.965. The second-order valence-electron chi connectivity index (χ2n) is 3.98. The van der Waals surface area contributed by atoms with Crippen molar-refractivity contribution in [3.05, 3.63) is 30.2 Å². The topological polar surface area (TPSA) is 85.5 Å². The lowest BCUT2D eigenvalue weighted by Crippen LogP contribution is -2.10. The molecule has 1 aromatic heterocycles. The first-order valence-electron chi connectivity index (χ1n) is 5.86. The fourth-order valence-corrected chi connectivity index (χ4v) is 1.69. The molecule has 2 rings (SSSR count). The smallest absolute Gasteiger partial charge is 0.316 e. The number of carboxylic acids is 1. The molecule has 1 N–H and O–H groups in total. The van der Waals surface area contributed by atoms with Gasteiger partial charge in [-0.15, -0.1) is 0 Å². The Labute approximate surface area is 110 Å². The standard InChI is InChI=1S/C13H14N2O4/c1-3-10(13(16)17)12-14-11(15-19-12)8-4-6-9(18-2)7-5-8/h4-7,10H,3H2,1-2H3,(H,16,17). The maximum absolute atomic E-state index is 11.0. The molecule has 0 amide bonds. The molecule has 0 aliphatic rings. The van der Waals surface area contributed by atoms with Gasteiger partial charge in [0.15, 0.2) is 0 Å².